The Morgan fingerprint density at radius 1 is 0.750 bits per heavy atom. The minimum absolute atomic E-state index is 0.921. The second-order valence-corrected chi connectivity index (χ2v) is 7.69. The summed E-state index contributed by atoms with van der Waals surface area (Å²) in [6.45, 7) is 3.18. The molecule has 4 rings (SSSR count). The molecular weight excluding hydrogens is 360 g/mol. The lowest BCUT2D eigenvalue weighted by Gasteiger charge is -2.12. The predicted molar refractivity (Wildman–Crippen MR) is 119 cm³/mol. The maximum atomic E-state index is 5.12. The molecule has 28 heavy (non-hydrogen) atoms. The molecular formula is C25H24N2S. The van der Waals surface area contributed by atoms with E-state index in [-0.39, 0.29) is 0 Å². The average Bonchev–Trinajstić information content (AvgIpc) is 3.13. The van der Waals surface area contributed by atoms with Crippen molar-refractivity contribution in [2.45, 2.75) is 30.8 Å². The first kappa shape index (κ1) is 18.6. The largest absolute Gasteiger partial charge is 0.318 e. The third-order valence-electron chi connectivity index (χ3n) is 4.68. The third-order valence-corrected chi connectivity index (χ3v) is 5.73. The van der Waals surface area contributed by atoms with Gasteiger partial charge in [-0.25, -0.2) is 4.98 Å². The third kappa shape index (κ3) is 4.05. The van der Waals surface area contributed by atoms with Crippen molar-refractivity contribution in [2.75, 3.05) is 0 Å². The molecule has 1 heterocycles. The molecule has 0 unspecified atom stereocenters. The van der Waals surface area contributed by atoms with Gasteiger partial charge in [0, 0.05) is 23.4 Å². The molecule has 0 saturated carbocycles. The van der Waals surface area contributed by atoms with Gasteiger partial charge in [0.15, 0.2) is 5.16 Å². The second-order valence-electron chi connectivity index (χ2n) is 6.75. The van der Waals surface area contributed by atoms with Crippen molar-refractivity contribution in [3.8, 4) is 22.5 Å². The lowest BCUT2D eigenvalue weighted by atomic mass is 10.0. The van der Waals surface area contributed by atoms with Gasteiger partial charge in [-0.15, -0.1) is 0 Å². The molecule has 0 saturated heterocycles. The van der Waals surface area contributed by atoms with Crippen LogP contribution in [-0.4, -0.2) is 9.55 Å². The fraction of sp³-hybridized carbons (Fsp3) is 0.160. The van der Waals surface area contributed by atoms with E-state index in [2.05, 4.69) is 102 Å². The smallest absolute Gasteiger partial charge is 0.169 e. The number of thioether (sulfide) groups is 1. The van der Waals surface area contributed by atoms with Crippen LogP contribution >= 0.6 is 11.8 Å². The molecule has 0 aliphatic rings. The number of hydrogen-bond acceptors (Lipinski definition) is 2. The van der Waals surface area contributed by atoms with E-state index in [4.69, 9.17) is 4.98 Å². The van der Waals surface area contributed by atoms with Crippen molar-refractivity contribution < 1.29 is 0 Å². The molecule has 0 aliphatic heterocycles. The van der Waals surface area contributed by atoms with E-state index in [0.29, 0.717) is 0 Å². The van der Waals surface area contributed by atoms with Gasteiger partial charge < -0.3 is 4.57 Å². The Morgan fingerprint density at radius 2 is 1.32 bits per heavy atom. The van der Waals surface area contributed by atoms with Gasteiger partial charge in [-0.1, -0.05) is 110 Å². The van der Waals surface area contributed by atoms with Crippen LogP contribution in [0.5, 0.6) is 0 Å². The molecule has 0 spiro atoms. The highest BCUT2D eigenvalue weighted by Crippen LogP contribution is 2.36. The van der Waals surface area contributed by atoms with Crippen LogP contribution in [0.25, 0.3) is 22.5 Å². The highest BCUT2D eigenvalue weighted by molar-refractivity contribution is 7.98. The monoisotopic (exact) mass is 384 g/mol. The Kier molecular flexibility index (Phi) is 5.93. The lowest BCUT2D eigenvalue weighted by Crippen LogP contribution is -2.02. The summed E-state index contributed by atoms with van der Waals surface area (Å²) in [5.74, 6) is 0.921. The number of nitrogens with zero attached hydrogens (tertiary/aromatic N) is 2. The van der Waals surface area contributed by atoms with Crippen LogP contribution in [0.4, 0.5) is 0 Å². The maximum absolute atomic E-state index is 5.12. The Bertz CT molecular complexity index is 1010. The van der Waals surface area contributed by atoms with E-state index in [1.807, 2.05) is 11.8 Å². The molecule has 0 atom stereocenters. The first-order valence-electron chi connectivity index (χ1n) is 9.75. The lowest BCUT2D eigenvalue weighted by molar-refractivity contribution is 0.626. The van der Waals surface area contributed by atoms with Crippen molar-refractivity contribution in [1.29, 1.82) is 0 Å². The molecule has 4 aromatic rings. The summed E-state index contributed by atoms with van der Waals surface area (Å²) in [5.41, 5.74) is 5.98. The predicted octanol–water partition coefficient (Wildman–Crippen LogP) is 6.92. The summed E-state index contributed by atoms with van der Waals surface area (Å²) in [4.78, 5) is 5.12. The SMILES string of the molecule is CCCn1c(SCc2ccccc2)nc(-c2ccccc2)c1-c1ccccc1. The summed E-state index contributed by atoms with van der Waals surface area (Å²) in [5, 5.41) is 1.09. The molecule has 0 N–H and O–H groups in total. The molecule has 0 fully saturated rings. The van der Waals surface area contributed by atoms with E-state index in [1.54, 1.807) is 0 Å². The zero-order chi connectivity index (χ0) is 19.2. The first-order valence-corrected chi connectivity index (χ1v) is 10.7. The fourth-order valence-electron chi connectivity index (χ4n) is 3.38. The van der Waals surface area contributed by atoms with Gasteiger partial charge in [0.25, 0.3) is 0 Å². The van der Waals surface area contributed by atoms with Gasteiger partial charge in [0.2, 0.25) is 0 Å². The topological polar surface area (TPSA) is 17.8 Å². The summed E-state index contributed by atoms with van der Waals surface area (Å²) >= 11 is 1.82. The Labute approximate surface area is 171 Å². The normalized spacial score (nSPS) is 10.9. The molecule has 0 aliphatic carbocycles. The Hall–Kier alpha value is -2.78. The summed E-state index contributed by atoms with van der Waals surface area (Å²) < 4.78 is 2.39. The van der Waals surface area contributed by atoms with Crippen molar-refractivity contribution in [3.05, 3.63) is 96.6 Å². The number of imidazole rings is 1. The minimum atomic E-state index is 0.921. The van der Waals surface area contributed by atoms with Gasteiger partial charge in [0.1, 0.15) is 0 Å². The molecule has 0 bridgehead atoms. The summed E-state index contributed by atoms with van der Waals surface area (Å²) in [6.07, 6.45) is 1.07. The van der Waals surface area contributed by atoms with Crippen LogP contribution in [0.2, 0.25) is 0 Å². The van der Waals surface area contributed by atoms with Gasteiger partial charge in [-0.2, -0.15) is 0 Å². The van der Waals surface area contributed by atoms with Crippen LogP contribution in [0.15, 0.2) is 96.2 Å². The summed E-state index contributed by atoms with van der Waals surface area (Å²) in [6, 6.07) is 31.8. The second kappa shape index (κ2) is 8.94. The van der Waals surface area contributed by atoms with E-state index in [1.165, 1.54) is 16.8 Å². The Balaban J connectivity index is 1.80. The molecule has 2 nitrogen and oxygen atoms in total. The standard InChI is InChI=1S/C25H24N2S/c1-2-18-27-24(22-16-10-5-11-17-22)23(21-14-8-4-9-15-21)26-25(27)28-19-20-12-6-3-7-13-20/h3-17H,2,18-19H2,1H3. The van der Waals surface area contributed by atoms with E-state index >= 15 is 0 Å². The van der Waals surface area contributed by atoms with Crippen LogP contribution in [0, 0.1) is 0 Å². The van der Waals surface area contributed by atoms with Crippen molar-refractivity contribution in [3.63, 3.8) is 0 Å². The first-order chi connectivity index (χ1) is 13.9. The van der Waals surface area contributed by atoms with Crippen LogP contribution in [0.1, 0.15) is 18.9 Å². The molecule has 3 heteroatoms. The van der Waals surface area contributed by atoms with Crippen molar-refractivity contribution in [1.82, 2.24) is 9.55 Å². The number of aromatic nitrogens is 2. The van der Waals surface area contributed by atoms with E-state index in [9.17, 15) is 0 Å². The number of benzene rings is 3. The van der Waals surface area contributed by atoms with Gasteiger partial charge in [-0.3, -0.25) is 0 Å². The molecule has 0 amide bonds. The van der Waals surface area contributed by atoms with Gasteiger partial charge >= 0.3 is 0 Å². The minimum Gasteiger partial charge on any atom is -0.318 e. The average molecular weight is 385 g/mol. The van der Waals surface area contributed by atoms with Crippen LogP contribution in [-0.2, 0) is 12.3 Å². The fourth-order valence-corrected chi connectivity index (χ4v) is 4.36. The summed E-state index contributed by atoms with van der Waals surface area (Å²) in [7, 11) is 0. The Morgan fingerprint density at radius 3 is 1.93 bits per heavy atom. The maximum Gasteiger partial charge on any atom is 0.169 e. The van der Waals surface area contributed by atoms with Crippen LogP contribution < -0.4 is 0 Å². The number of hydrogen-bond donors (Lipinski definition) is 0. The zero-order valence-corrected chi connectivity index (χ0v) is 16.9. The van der Waals surface area contributed by atoms with Gasteiger partial charge in [0.05, 0.1) is 11.4 Å². The zero-order valence-electron chi connectivity index (χ0n) is 16.1. The van der Waals surface area contributed by atoms with E-state index < -0.39 is 0 Å². The van der Waals surface area contributed by atoms with E-state index in [0.717, 1.165) is 35.1 Å². The molecule has 140 valence electrons. The highest BCUT2D eigenvalue weighted by Gasteiger charge is 2.19. The molecule has 0 radical (unpaired) electrons. The number of rotatable bonds is 7. The molecule has 1 aromatic heterocycles. The van der Waals surface area contributed by atoms with Crippen LogP contribution in [0.3, 0.4) is 0 Å². The van der Waals surface area contributed by atoms with Crippen molar-refractivity contribution >= 4 is 11.8 Å². The van der Waals surface area contributed by atoms with Crippen molar-refractivity contribution in [2.24, 2.45) is 0 Å². The quantitative estimate of drug-likeness (QED) is 0.322. The molecule has 3 aromatic carbocycles. The van der Waals surface area contributed by atoms with Gasteiger partial charge in [-0.05, 0) is 12.0 Å². The highest BCUT2D eigenvalue weighted by atomic mass is 32.2.